The lowest BCUT2D eigenvalue weighted by atomic mass is 10.3. The topological polar surface area (TPSA) is 59.3 Å². The van der Waals surface area contributed by atoms with Crippen molar-refractivity contribution in [3.63, 3.8) is 0 Å². The highest BCUT2D eigenvalue weighted by Gasteiger charge is 2.14. The maximum atomic E-state index is 12.7. The number of carbonyl (C=O) groups excluding carboxylic acids is 1. The van der Waals surface area contributed by atoms with E-state index in [1.54, 1.807) is 25.4 Å². The number of thiophene rings is 1. The van der Waals surface area contributed by atoms with Gasteiger partial charge in [0.2, 0.25) is 0 Å². The third kappa shape index (κ3) is 3.71. The Balaban J connectivity index is 1.92. The Bertz CT molecular complexity index is 609. The average molecular weight is 345 g/mol. The Morgan fingerprint density at radius 1 is 1.68 bits per heavy atom. The molecule has 0 spiro atoms. The van der Waals surface area contributed by atoms with Crippen molar-refractivity contribution >= 4 is 39.4 Å². The summed E-state index contributed by atoms with van der Waals surface area (Å²) in [6.45, 7) is 1.70. The number of aromatic nitrogens is 2. The predicted molar refractivity (Wildman–Crippen MR) is 74.7 cm³/mol. The van der Waals surface area contributed by atoms with Gasteiger partial charge in [-0.05, 0) is 35.0 Å². The fourth-order valence-electron chi connectivity index (χ4n) is 1.30. The number of halogens is 2. The van der Waals surface area contributed by atoms with Crippen LogP contribution in [0.5, 0.6) is 0 Å². The van der Waals surface area contributed by atoms with Crippen molar-refractivity contribution in [2.75, 3.05) is 0 Å². The lowest BCUT2D eigenvalue weighted by Crippen LogP contribution is -2.27. The van der Waals surface area contributed by atoms with E-state index in [1.807, 2.05) is 0 Å². The molecule has 0 fully saturated rings. The monoisotopic (exact) mass is 344 g/mol. The zero-order chi connectivity index (χ0) is 13.8. The fraction of sp³-hybridized carbons (Fsp3) is 0.182. The van der Waals surface area contributed by atoms with Gasteiger partial charge in [-0.2, -0.15) is 14.6 Å². The molecule has 1 N–H and O–H groups in total. The van der Waals surface area contributed by atoms with Gasteiger partial charge < -0.3 is 0 Å². The molecule has 2 rings (SSSR count). The number of hydrogen-bond acceptors (Lipinski definition) is 4. The summed E-state index contributed by atoms with van der Waals surface area (Å²) in [5, 5.41) is 7.50. The van der Waals surface area contributed by atoms with Crippen molar-refractivity contribution in [3.05, 3.63) is 39.0 Å². The molecule has 0 aliphatic heterocycles. The van der Waals surface area contributed by atoms with Gasteiger partial charge in [-0.25, -0.2) is 5.43 Å². The van der Waals surface area contributed by atoms with E-state index < -0.39 is 6.04 Å². The van der Waals surface area contributed by atoms with Gasteiger partial charge in [-0.15, -0.1) is 11.3 Å². The van der Waals surface area contributed by atoms with E-state index in [0.29, 0.717) is 4.88 Å². The SMILES string of the molecule is C[C@@H](C(=O)N/N=C\c1ccc(F)s1)n1cc(Br)cn1. The van der Waals surface area contributed by atoms with Crippen molar-refractivity contribution in [1.82, 2.24) is 15.2 Å². The molecule has 0 radical (unpaired) electrons. The van der Waals surface area contributed by atoms with Crippen LogP contribution in [0.15, 0.2) is 34.1 Å². The molecule has 2 aromatic rings. The first kappa shape index (κ1) is 13.9. The Kier molecular flexibility index (Phi) is 4.43. The molecular weight excluding hydrogens is 335 g/mol. The van der Waals surface area contributed by atoms with Gasteiger partial charge in [0, 0.05) is 6.20 Å². The molecule has 0 aromatic carbocycles. The lowest BCUT2D eigenvalue weighted by Gasteiger charge is -2.09. The van der Waals surface area contributed by atoms with Gasteiger partial charge >= 0.3 is 0 Å². The minimum Gasteiger partial charge on any atom is -0.271 e. The normalized spacial score (nSPS) is 12.8. The quantitative estimate of drug-likeness (QED) is 0.684. The van der Waals surface area contributed by atoms with E-state index in [-0.39, 0.29) is 11.0 Å². The van der Waals surface area contributed by atoms with Gasteiger partial charge in [0.05, 0.1) is 21.8 Å². The molecule has 2 aromatic heterocycles. The fourth-order valence-corrected chi connectivity index (χ4v) is 2.20. The minimum atomic E-state index is -0.483. The Labute approximate surface area is 121 Å². The van der Waals surface area contributed by atoms with Crippen LogP contribution in [-0.4, -0.2) is 21.9 Å². The first-order valence-electron chi connectivity index (χ1n) is 5.34. The summed E-state index contributed by atoms with van der Waals surface area (Å²) in [7, 11) is 0. The van der Waals surface area contributed by atoms with Crippen LogP contribution >= 0.6 is 27.3 Å². The summed E-state index contributed by atoms with van der Waals surface area (Å²) in [5.41, 5.74) is 2.39. The molecule has 100 valence electrons. The van der Waals surface area contributed by atoms with Crippen LogP contribution in [-0.2, 0) is 4.79 Å². The van der Waals surface area contributed by atoms with Crippen LogP contribution in [0, 0.1) is 5.13 Å². The van der Waals surface area contributed by atoms with Gasteiger partial charge in [0.1, 0.15) is 6.04 Å². The molecule has 5 nitrogen and oxygen atoms in total. The van der Waals surface area contributed by atoms with E-state index in [1.165, 1.54) is 17.0 Å². The Hall–Kier alpha value is -1.54. The molecule has 0 saturated carbocycles. The molecule has 19 heavy (non-hydrogen) atoms. The highest BCUT2D eigenvalue weighted by atomic mass is 79.9. The molecule has 1 amide bonds. The lowest BCUT2D eigenvalue weighted by molar-refractivity contribution is -0.124. The molecular formula is C11H10BrFN4OS. The summed E-state index contributed by atoms with van der Waals surface area (Å²) in [4.78, 5) is 12.4. The van der Waals surface area contributed by atoms with Crippen LogP contribution in [0.4, 0.5) is 4.39 Å². The number of rotatable bonds is 4. The second kappa shape index (κ2) is 6.07. The summed E-state index contributed by atoms with van der Waals surface area (Å²) >= 11 is 4.21. The highest BCUT2D eigenvalue weighted by molar-refractivity contribution is 9.10. The largest absolute Gasteiger partial charge is 0.271 e. The van der Waals surface area contributed by atoms with Crippen molar-refractivity contribution in [2.45, 2.75) is 13.0 Å². The Morgan fingerprint density at radius 3 is 3.05 bits per heavy atom. The standard InChI is InChI=1S/C11H10BrFN4OS/c1-7(17-6-8(12)4-15-17)11(18)16-14-5-9-2-3-10(13)19-9/h2-7H,1H3,(H,16,18)/b14-5-/t7-/m0/s1. The second-order valence-electron chi connectivity index (χ2n) is 3.69. The van der Waals surface area contributed by atoms with Crippen molar-refractivity contribution in [3.8, 4) is 0 Å². The average Bonchev–Trinajstić information content (AvgIpc) is 2.97. The smallest absolute Gasteiger partial charge is 0.264 e. The van der Waals surface area contributed by atoms with E-state index in [0.717, 1.165) is 15.8 Å². The number of hydrogen-bond donors (Lipinski definition) is 1. The molecule has 0 saturated heterocycles. The number of amides is 1. The number of carbonyl (C=O) groups is 1. The van der Waals surface area contributed by atoms with Gasteiger partial charge in [0.25, 0.3) is 5.91 Å². The van der Waals surface area contributed by atoms with Crippen molar-refractivity contribution in [2.24, 2.45) is 5.10 Å². The van der Waals surface area contributed by atoms with Crippen LogP contribution in [0.3, 0.4) is 0 Å². The van der Waals surface area contributed by atoms with E-state index in [9.17, 15) is 9.18 Å². The number of hydrazone groups is 1. The molecule has 0 bridgehead atoms. The van der Waals surface area contributed by atoms with E-state index in [4.69, 9.17) is 0 Å². The minimum absolute atomic E-state index is 0.289. The van der Waals surface area contributed by atoms with Gasteiger partial charge in [-0.1, -0.05) is 0 Å². The van der Waals surface area contributed by atoms with Crippen molar-refractivity contribution < 1.29 is 9.18 Å². The summed E-state index contributed by atoms with van der Waals surface area (Å²) in [5.74, 6) is -0.302. The first-order chi connectivity index (χ1) is 9.06. The molecule has 2 heterocycles. The molecule has 0 unspecified atom stereocenters. The number of nitrogens with one attached hydrogen (secondary N) is 1. The molecule has 0 aliphatic rings. The van der Waals surface area contributed by atoms with Gasteiger partial charge in [-0.3, -0.25) is 9.48 Å². The molecule has 1 atom stereocenters. The summed E-state index contributed by atoms with van der Waals surface area (Å²) < 4.78 is 15.0. The van der Waals surface area contributed by atoms with Crippen LogP contribution in [0.1, 0.15) is 17.8 Å². The van der Waals surface area contributed by atoms with Gasteiger partial charge in [0.15, 0.2) is 5.13 Å². The maximum Gasteiger partial charge on any atom is 0.264 e. The molecule has 0 aliphatic carbocycles. The molecule has 8 heteroatoms. The third-order valence-electron chi connectivity index (χ3n) is 2.31. The van der Waals surface area contributed by atoms with E-state index >= 15 is 0 Å². The first-order valence-corrected chi connectivity index (χ1v) is 6.95. The summed E-state index contributed by atoms with van der Waals surface area (Å²) in [6.07, 6.45) is 4.70. The van der Waals surface area contributed by atoms with E-state index in [2.05, 4.69) is 31.6 Å². The third-order valence-corrected chi connectivity index (χ3v) is 3.52. The van der Waals surface area contributed by atoms with Crippen LogP contribution in [0.2, 0.25) is 0 Å². The van der Waals surface area contributed by atoms with Crippen molar-refractivity contribution in [1.29, 1.82) is 0 Å². The number of nitrogens with zero attached hydrogens (tertiary/aromatic N) is 3. The predicted octanol–water partition coefficient (Wildman–Crippen LogP) is 2.56. The highest BCUT2D eigenvalue weighted by Crippen LogP contribution is 2.12. The summed E-state index contributed by atoms with van der Waals surface area (Å²) in [6, 6.07) is 2.45. The van der Waals surface area contributed by atoms with Crippen LogP contribution in [0.25, 0.3) is 0 Å². The zero-order valence-corrected chi connectivity index (χ0v) is 12.3. The maximum absolute atomic E-state index is 12.7. The van der Waals surface area contributed by atoms with Crippen LogP contribution < -0.4 is 5.43 Å². The second-order valence-corrected chi connectivity index (χ2v) is 5.67. The Morgan fingerprint density at radius 2 is 2.47 bits per heavy atom. The zero-order valence-electron chi connectivity index (χ0n) is 9.88.